The summed E-state index contributed by atoms with van der Waals surface area (Å²) in [6.45, 7) is 6.02. The van der Waals surface area contributed by atoms with Crippen LogP contribution < -0.4 is 15.1 Å². The quantitative estimate of drug-likeness (QED) is 0.660. The first-order valence-electron chi connectivity index (χ1n) is 9.21. The Kier molecular flexibility index (Phi) is 3.80. The van der Waals surface area contributed by atoms with Crippen LogP contribution in [0.3, 0.4) is 0 Å². The summed E-state index contributed by atoms with van der Waals surface area (Å²) >= 11 is 0. The largest absolute Gasteiger partial charge is 0.355 e. The summed E-state index contributed by atoms with van der Waals surface area (Å²) < 4.78 is 0. The van der Waals surface area contributed by atoms with Crippen molar-refractivity contribution in [3.63, 3.8) is 0 Å². The fraction of sp³-hybridized carbons (Fsp3) is 0.526. The predicted molar refractivity (Wildman–Crippen MR) is 95.9 cm³/mol. The molecule has 2 saturated heterocycles. The van der Waals surface area contributed by atoms with Gasteiger partial charge in [0.15, 0.2) is 5.41 Å². The van der Waals surface area contributed by atoms with Gasteiger partial charge in [0.05, 0.1) is 26.7 Å². The van der Waals surface area contributed by atoms with Crippen molar-refractivity contribution in [1.29, 1.82) is 0 Å². The molecule has 26 heavy (non-hydrogen) atoms. The van der Waals surface area contributed by atoms with Crippen molar-refractivity contribution in [3.05, 3.63) is 29.8 Å². The van der Waals surface area contributed by atoms with Crippen LogP contribution in [0.2, 0.25) is 0 Å². The molecular weight excluding hydrogens is 332 g/mol. The number of likely N-dealkylation sites (N-methyl/N-ethyl adjacent to an activating group) is 1. The number of para-hydroxylation sites is 1. The molecule has 7 nitrogen and oxygen atoms in total. The van der Waals surface area contributed by atoms with E-state index < -0.39 is 17.4 Å². The van der Waals surface area contributed by atoms with Crippen LogP contribution in [0.1, 0.15) is 19.4 Å². The van der Waals surface area contributed by atoms with Gasteiger partial charge >= 0.3 is 6.03 Å². The first-order valence-corrected chi connectivity index (χ1v) is 9.21. The third-order valence-electron chi connectivity index (χ3n) is 6.00. The van der Waals surface area contributed by atoms with Gasteiger partial charge in [-0.15, -0.1) is 0 Å². The molecule has 3 heterocycles. The lowest BCUT2D eigenvalue weighted by molar-refractivity contribution is -0.883. The molecule has 1 aromatic carbocycles. The Morgan fingerprint density at radius 2 is 1.96 bits per heavy atom. The van der Waals surface area contributed by atoms with Crippen molar-refractivity contribution >= 4 is 23.5 Å². The Hall–Kier alpha value is -2.41. The van der Waals surface area contributed by atoms with E-state index in [0.717, 1.165) is 24.3 Å². The van der Waals surface area contributed by atoms with Gasteiger partial charge in [0, 0.05) is 18.2 Å². The van der Waals surface area contributed by atoms with E-state index >= 15 is 0 Å². The third-order valence-corrected chi connectivity index (χ3v) is 6.00. The van der Waals surface area contributed by atoms with Crippen LogP contribution in [0.25, 0.3) is 0 Å². The maximum atomic E-state index is 13.5. The van der Waals surface area contributed by atoms with Crippen LogP contribution in [-0.2, 0) is 16.0 Å². The number of amides is 4. The van der Waals surface area contributed by atoms with Crippen LogP contribution in [-0.4, -0.2) is 61.5 Å². The lowest BCUT2D eigenvalue weighted by atomic mass is 9.67. The Bertz CT molecular complexity index is 793. The first-order chi connectivity index (χ1) is 12.4. The van der Waals surface area contributed by atoms with Crippen LogP contribution in [0.15, 0.2) is 24.3 Å². The number of fused-ring (bicyclic) bond motifs is 4. The molecule has 0 bridgehead atoms. The van der Waals surface area contributed by atoms with Gasteiger partial charge in [-0.1, -0.05) is 18.2 Å². The average Bonchev–Trinajstić information content (AvgIpc) is 2.59. The summed E-state index contributed by atoms with van der Waals surface area (Å²) in [6.07, 6.45) is 0.332. The highest BCUT2D eigenvalue weighted by molar-refractivity contribution is 6.20. The molecule has 0 saturated carbocycles. The van der Waals surface area contributed by atoms with Crippen LogP contribution in [0, 0.1) is 5.41 Å². The number of imide groups is 2. The Labute approximate surface area is 152 Å². The molecule has 1 spiro atoms. The Balaban J connectivity index is 1.89. The average molecular weight is 357 g/mol. The fourth-order valence-corrected chi connectivity index (χ4v) is 4.69. The number of hydrogen-bond acceptors (Lipinski definition) is 4. The van der Waals surface area contributed by atoms with Gasteiger partial charge in [0.2, 0.25) is 11.8 Å². The highest BCUT2D eigenvalue weighted by Crippen LogP contribution is 2.44. The summed E-state index contributed by atoms with van der Waals surface area (Å²) in [5.74, 6) is -0.816. The number of urea groups is 1. The second-order valence-corrected chi connectivity index (χ2v) is 7.93. The third kappa shape index (κ3) is 2.19. The SMILES string of the molecule is CC(C)N1C(=O)NC(=O)[C@@]2(Cc3ccccc3N3CC[NH+](C)C[C@@H]32)C1=O. The van der Waals surface area contributed by atoms with E-state index in [-0.39, 0.29) is 18.0 Å². The molecule has 2 N–H and O–H groups in total. The molecule has 7 heteroatoms. The van der Waals surface area contributed by atoms with Crippen molar-refractivity contribution in [3.8, 4) is 0 Å². The molecule has 0 radical (unpaired) electrons. The molecule has 138 valence electrons. The topological polar surface area (TPSA) is 74.2 Å². The standard InChI is InChI=1S/C19H24N4O3/c1-12(2)23-17(25)19(16(24)20-18(23)26)10-13-6-4-5-7-14(13)22-9-8-21(3)11-15(19)22/h4-7,12,15H,8-11H2,1-3H3,(H,20,24,26)/p+1/t15-,19+/m1/s1. The lowest BCUT2D eigenvalue weighted by Gasteiger charge is -2.54. The lowest BCUT2D eigenvalue weighted by Crippen LogP contribution is -3.14. The van der Waals surface area contributed by atoms with E-state index in [0.29, 0.717) is 13.0 Å². The molecule has 3 aliphatic rings. The number of barbiturate groups is 1. The molecule has 4 amide bonds. The van der Waals surface area contributed by atoms with E-state index in [1.165, 1.54) is 9.80 Å². The zero-order chi connectivity index (χ0) is 18.6. The number of hydrogen-bond donors (Lipinski definition) is 2. The second kappa shape index (κ2) is 5.81. The minimum atomic E-state index is -1.26. The van der Waals surface area contributed by atoms with Crippen LogP contribution in [0.5, 0.6) is 0 Å². The van der Waals surface area contributed by atoms with Gasteiger partial charge in [0.1, 0.15) is 6.04 Å². The number of nitrogens with zero attached hydrogens (tertiary/aromatic N) is 2. The van der Waals surface area contributed by atoms with Gasteiger partial charge in [-0.25, -0.2) is 4.79 Å². The maximum absolute atomic E-state index is 13.5. The van der Waals surface area contributed by atoms with Gasteiger partial charge < -0.3 is 9.80 Å². The van der Waals surface area contributed by atoms with Gasteiger partial charge in [-0.3, -0.25) is 19.8 Å². The smallest absolute Gasteiger partial charge is 0.331 e. The molecule has 3 aliphatic heterocycles. The van der Waals surface area contributed by atoms with Gasteiger partial charge in [-0.2, -0.15) is 0 Å². The number of rotatable bonds is 1. The summed E-state index contributed by atoms with van der Waals surface area (Å²) in [4.78, 5) is 43.7. The zero-order valence-corrected chi connectivity index (χ0v) is 15.4. The van der Waals surface area contributed by atoms with Gasteiger partial charge in [0.25, 0.3) is 0 Å². The highest BCUT2D eigenvalue weighted by Gasteiger charge is 2.63. The van der Waals surface area contributed by atoms with Gasteiger partial charge in [-0.05, 0) is 25.5 Å². The maximum Gasteiger partial charge on any atom is 0.331 e. The summed E-state index contributed by atoms with van der Waals surface area (Å²) in [5.41, 5.74) is 0.836. The Morgan fingerprint density at radius 1 is 1.23 bits per heavy atom. The van der Waals surface area contributed by atoms with E-state index in [2.05, 4.69) is 23.3 Å². The van der Waals surface area contributed by atoms with E-state index in [1.807, 2.05) is 18.2 Å². The van der Waals surface area contributed by atoms with Crippen molar-refractivity contribution < 1.29 is 19.3 Å². The minimum absolute atomic E-state index is 0.256. The molecule has 3 atom stereocenters. The van der Waals surface area contributed by atoms with Crippen LogP contribution >= 0.6 is 0 Å². The normalized spacial score (nSPS) is 31.2. The van der Waals surface area contributed by atoms with Crippen molar-refractivity contribution in [2.75, 3.05) is 31.6 Å². The minimum Gasteiger partial charge on any atom is -0.355 e. The van der Waals surface area contributed by atoms with E-state index in [4.69, 9.17) is 0 Å². The number of nitrogens with one attached hydrogen (secondary N) is 2. The molecule has 4 rings (SSSR count). The Morgan fingerprint density at radius 3 is 2.69 bits per heavy atom. The number of carbonyl (C=O) groups is 3. The molecule has 0 aliphatic carbocycles. The predicted octanol–water partition coefficient (Wildman–Crippen LogP) is -0.581. The highest BCUT2D eigenvalue weighted by atomic mass is 16.2. The van der Waals surface area contributed by atoms with Crippen LogP contribution in [0.4, 0.5) is 10.5 Å². The number of anilines is 1. The summed E-state index contributed by atoms with van der Waals surface area (Å²) in [6, 6.07) is 6.81. The molecular formula is C19H25N4O3+. The summed E-state index contributed by atoms with van der Waals surface area (Å²) in [7, 11) is 2.09. The molecule has 1 unspecified atom stereocenters. The number of quaternary nitrogens is 1. The number of carbonyl (C=O) groups excluding carboxylic acids is 3. The van der Waals surface area contributed by atoms with E-state index in [1.54, 1.807) is 13.8 Å². The van der Waals surface area contributed by atoms with E-state index in [9.17, 15) is 14.4 Å². The monoisotopic (exact) mass is 357 g/mol. The molecule has 0 aromatic heterocycles. The van der Waals surface area contributed by atoms with Crippen molar-refractivity contribution in [1.82, 2.24) is 10.2 Å². The van der Waals surface area contributed by atoms with Crippen molar-refractivity contribution in [2.45, 2.75) is 32.4 Å². The number of benzene rings is 1. The summed E-state index contributed by atoms with van der Waals surface area (Å²) in [5, 5.41) is 2.47. The first kappa shape index (κ1) is 17.0. The fourth-order valence-electron chi connectivity index (χ4n) is 4.69. The zero-order valence-electron chi connectivity index (χ0n) is 15.4. The molecule has 1 aromatic rings. The van der Waals surface area contributed by atoms with Crippen molar-refractivity contribution in [2.24, 2.45) is 5.41 Å². The number of piperazine rings is 1. The second-order valence-electron chi connectivity index (χ2n) is 7.93. The molecule has 2 fully saturated rings.